The van der Waals surface area contributed by atoms with Gasteiger partial charge in [0, 0.05) is 38.2 Å². The molecule has 1 aliphatic rings. The minimum absolute atomic E-state index is 0.0942. The van der Waals surface area contributed by atoms with E-state index in [-0.39, 0.29) is 11.6 Å². The summed E-state index contributed by atoms with van der Waals surface area (Å²) in [5.74, 6) is -0.208. The Morgan fingerprint density at radius 2 is 1.89 bits per heavy atom. The maximum atomic E-state index is 12.7. The summed E-state index contributed by atoms with van der Waals surface area (Å²) >= 11 is 0. The molecule has 0 aliphatic carbocycles. The average Bonchev–Trinajstić information content (AvgIpc) is 2.40. The number of rotatable bonds is 5. The van der Waals surface area contributed by atoms with Gasteiger partial charge in [-0.1, -0.05) is 0 Å². The quantitative estimate of drug-likeness (QED) is 0.744. The Morgan fingerprint density at radius 1 is 1.22 bits per heavy atom. The molecule has 0 spiro atoms. The molecule has 1 saturated heterocycles. The molecule has 18 heavy (non-hydrogen) atoms. The van der Waals surface area contributed by atoms with Gasteiger partial charge in [0.25, 0.3) is 0 Å². The lowest BCUT2D eigenvalue weighted by atomic mass is 10.1. The first kappa shape index (κ1) is 13.2. The van der Waals surface area contributed by atoms with E-state index in [4.69, 9.17) is 0 Å². The number of nitrogens with zero attached hydrogens (tertiary/aromatic N) is 2. The SMILES string of the molecule is O=C(CCCN1CC[N]CC1)c1ccc(F)cc1. The molecule has 0 amide bonds. The molecule has 1 aliphatic heterocycles. The second-order valence-corrected chi connectivity index (χ2v) is 4.55. The van der Waals surface area contributed by atoms with Gasteiger partial charge in [-0.05, 0) is 37.2 Å². The van der Waals surface area contributed by atoms with Crippen molar-refractivity contribution in [3.05, 3.63) is 35.6 Å². The predicted molar refractivity (Wildman–Crippen MR) is 68.3 cm³/mol. The molecule has 2 rings (SSSR count). The van der Waals surface area contributed by atoms with Crippen LogP contribution in [0.4, 0.5) is 4.39 Å². The largest absolute Gasteiger partial charge is 0.301 e. The van der Waals surface area contributed by atoms with Crippen molar-refractivity contribution in [3.63, 3.8) is 0 Å². The Morgan fingerprint density at radius 3 is 2.56 bits per heavy atom. The van der Waals surface area contributed by atoms with Crippen molar-refractivity contribution in [2.75, 3.05) is 32.7 Å². The van der Waals surface area contributed by atoms with Gasteiger partial charge >= 0.3 is 0 Å². The summed E-state index contributed by atoms with van der Waals surface area (Å²) < 4.78 is 12.7. The molecule has 0 atom stereocenters. The van der Waals surface area contributed by atoms with Crippen molar-refractivity contribution >= 4 is 5.78 Å². The zero-order valence-corrected chi connectivity index (χ0v) is 10.4. The van der Waals surface area contributed by atoms with E-state index in [1.54, 1.807) is 12.1 Å². The lowest BCUT2D eigenvalue weighted by Gasteiger charge is -2.25. The smallest absolute Gasteiger partial charge is 0.162 e. The Labute approximate surface area is 107 Å². The zero-order valence-electron chi connectivity index (χ0n) is 10.4. The molecule has 1 aromatic rings. The number of hydrogen-bond donors (Lipinski definition) is 0. The minimum Gasteiger partial charge on any atom is -0.301 e. The number of benzene rings is 1. The van der Waals surface area contributed by atoms with Crippen LogP contribution in [0, 0.1) is 5.82 Å². The van der Waals surface area contributed by atoms with Crippen molar-refractivity contribution in [1.82, 2.24) is 10.2 Å². The van der Waals surface area contributed by atoms with Crippen molar-refractivity contribution in [2.24, 2.45) is 0 Å². The van der Waals surface area contributed by atoms with E-state index < -0.39 is 0 Å². The number of carbonyl (C=O) groups is 1. The summed E-state index contributed by atoms with van der Waals surface area (Å²) in [6.07, 6.45) is 1.38. The summed E-state index contributed by atoms with van der Waals surface area (Å²) in [5, 5.41) is 4.28. The van der Waals surface area contributed by atoms with Crippen LogP contribution < -0.4 is 5.32 Å². The molecule has 0 N–H and O–H groups in total. The van der Waals surface area contributed by atoms with E-state index in [0.29, 0.717) is 12.0 Å². The van der Waals surface area contributed by atoms with E-state index in [0.717, 1.165) is 39.1 Å². The van der Waals surface area contributed by atoms with E-state index in [1.807, 2.05) is 0 Å². The number of carbonyl (C=O) groups excluding carboxylic acids is 1. The van der Waals surface area contributed by atoms with Gasteiger partial charge in [0.1, 0.15) is 5.82 Å². The first-order valence-corrected chi connectivity index (χ1v) is 6.40. The standard InChI is InChI=1S/C14H18FN2O/c15-13-5-3-12(4-6-13)14(18)2-1-9-17-10-7-16-8-11-17/h3-6H,1-2,7-11H2. The second kappa shape index (κ2) is 6.61. The highest BCUT2D eigenvalue weighted by Gasteiger charge is 2.11. The van der Waals surface area contributed by atoms with Crippen LogP contribution in [0.1, 0.15) is 23.2 Å². The highest BCUT2D eigenvalue weighted by molar-refractivity contribution is 5.95. The predicted octanol–water partition coefficient (Wildman–Crippen LogP) is 1.71. The van der Waals surface area contributed by atoms with Crippen LogP contribution in [0.5, 0.6) is 0 Å². The van der Waals surface area contributed by atoms with Gasteiger partial charge in [-0.3, -0.25) is 4.79 Å². The average molecular weight is 249 g/mol. The fraction of sp³-hybridized carbons (Fsp3) is 0.500. The van der Waals surface area contributed by atoms with Gasteiger partial charge in [-0.15, -0.1) is 0 Å². The van der Waals surface area contributed by atoms with Gasteiger partial charge in [0.2, 0.25) is 0 Å². The third-order valence-corrected chi connectivity index (χ3v) is 3.19. The van der Waals surface area contributed by atoms with Crippen LogP contribution in [-0.4, -0.2) is 43.4 Å². The van der Waals surface area contributed by atoms with Crippen molar-refractivity contribution in [2.45, 2.75) is 12.8 Å². The third kappa shape index (κ3) is 3.89. The molecule has 1 radical (unpaired) electrons. The maximum Gasteiger partial charge on any atom is 0.162 e. The Kier molecular flexibility index (Phi) is 4.84. The van der Waals surface area contributed by atoms with Crippen LogP contribution >= 0.6 is 0 Å². The summed E-state index contributed by atoms with van der Waals surface area (Å²) in [5.41, 5.74) is 0.602. The summed E-state index contributed by atoms with van der Waals surface area (Å²) in [6, 6.07) is 5.77. The summed E-state index contributed by atoms with van der Waals surface area (Å²) in [4.78, 5) is 14.2. The van der Waals surface area contributed by atoms with Gasteiger partial charge in [0.05, 0.1) is 0 Å². The fourth-order valence-corrected chi connectivity index (χ4v) is 2.11. The number of piperazine rings is 1. The van der Waals surface area contributed by atoms with E-state index >= 15 is 0 Å². The van der Waals surface area contributed by atoms with Crippen molar-refractivity contribution < 1.29 is 9.18 Å². The van der Waals surface area contributed by atoms with Gasteiger partial charge in [-0.2, -0.15) is 0 Å². The number of Topliss-reactive ketones (excluding diaryl/α,β-unsaturated/α-hetero) is 1. The third-order valence-electron chi connectivity index (χ3n) is 3.19. The second-order valence-electron chi connectivity index (χ2n) is 4.55. The van der Waals surface area contributed by atoms with Gasteiger partial charge < -0.3 is 4.90 Å². The maximum absolute atomic E-state index is 12.7. The molecule has 4 heteroatoms. The first-order chi connectivity index (χ1) is 8.75. The van der Waals surface area contributed by atoms with Crippen LogP contribution in [-0.2, 0) is 0 Å². The molecule has 0 saturated carbocycles. The van der Waals surface area contributed by atoms with Gasteiger partial charge in [0.15, 0.2) is 5.78 Å². The monoisotopic (exact) mass is 249 g/mol. The zero-order chi connectivity index (χ0) is 12.8. The van der Waals surface area contributed by atoms with Crippen LogP contribution in [0.2, 0.25) is 0 Å². The van der Waals surface area contributed by atoms with Gasteiger partial charge in [-0.25, -0.2) is 9.71 Å². The van der Waals surface area contributed by atoms with E-state index in [1.165, 1.54) is 12.1 Å². The highest BCUT2D eigenvalue weighted by atomic mass is 19.1. The van der Waals surface area contributed by atoms with Crippen molar-refractivity contribution in [1.29, 1.82) is 0 Å². The minimum atomic E-state index is -0.302. The molecular formula is C14H18FN2O. The molecule has 97 valence electrons. The molecule has 1 aromatic carbocycles. The Balaban J connectivity index is 1.72. The first-order valence-electron chi connectivity index (χ1n) is 6.40. The number of ketones is 1. The number of halogens is 1. The topological polar surface area (TPSA) is 34.4 Å². The van der Waals surface area contributed by atoms with Crippen LogP contribution in [0.25, 0.3) is 0 Å². The van der Waals surface area contributed by atoms with Crippen LogP contribution in [0.15, 0.2) is 24.3 Å². The van der Waals surface area contributed by atoms with Crippen molar-refractivity contribution in [3.8, 4) is 0 Å². The van der Waals surface area contributed by atoms with Crippen LogP contribution in [0.3, 0.4) is 0 Å². The molecule has 1 heterocycles. The molecule has 0 aromatic heterocycles. The summed E-state index contributed by atoms with van der Waals surface area (Å²) in [7, 11) is 0. The molecule has 3 nitrogen and oxygen atoms in total. The summed E-state index contributed by atoms with van der Waals surface area (Å²) in [6.45, 7) is 4.77. The van der Waals surface area contributed by atoms with E-state index in [9.17, 15) is 9.18 Å². The highest BCUT2D eigenvalue weighted by Crippen LogP contribution is 2.08. The normalized spacial score (nSPS) is 16.7. The van der Waals surface area contributed by atoms with E-state index in [2.05, 4.69) is 10.2 Å². The fourth-order valence-electron chi connectivity index (χ4n) is 2.11. The Bertz CT molecular complexity index is 385. The number of hydrogen-bond acceptors (Lipinski definition) is 2. The Hall–Kier alpha value is -1.26. The molecule has 0 unspecified atom stereocenters. The lowest BCUT2D eigenvalue weighted by molar-refractivity contribution is 0.0973. The molecular weight excluding hydrogens is 231 g/mol. The molecule has 0 bridgehead atoms. The molecule has 1 fully saturated rings. The lowest BCUT2D eigenvalue weighted by Crippen LogP contribution is -2.40.